The van der Waals surface area contributed by atoms with Crippen LogP contribution in [-0.4, -0.2) is 11.5 Å². The number of carbonyl (C=O) groups is 1. The standard InChI is InChI=1S/C10H11NO.2ClH.Fe/c1-8(9(2)12)11-10-6-4-3-5-7-10;;;/h3-7H,1-2H3;2*1H;/q;;;+2/p-2. The molecule has 0 fully saturated rings. The maximum atomic E-state index is 10.8. The zero-order chi connectivity index (χ0) is 11.7. The fraction of sp³-hybridized carbons (Fsp3) is 0.200. The van der Waals surface area contributed by atoms with Crippen molar-refractivity contribution in [3.05, 3.63) is 30.3 Å². The van der Waals surface area contributed by atoms with Gasteiger partial charge in [0.05, 0.1) is 11.4 Å². The van der Waals surface area contributed by atoms with Gasteiger partial charge < -0.3 is 0 Å². The summed E-state index contributed by atoms with van der Waals surface area (Å²) in [4.78, 5) is 14.9. The first-order chi connectivity index (χ1) is 7.11. The molecule has 0 radical (unpaired) electrons. The molecule has 0 heterocycles. The molecule has 0 aromatic heterocycles. The van der Waals surface area contributed by atoms with Gasteiger partial charge in [0.1, 0.15) is 0 Å². The van der Waals surface area contributed by atoms with Crippen LogP contribution in [-0.2, 0) is 17.9 Å². The van der Waals surface area contributed by atoms with Crippen LogP contribution < -0.4 is 0 Å². The minimum absolute atomic E-state index is 0.0128. The van der Waals surface area contributed by atoms with Gasteiger partial charge in [-0.3, -0.25) is 9.79 Å². The molecule has 0 atom stereocenters. The molecule has 0 bridgehead atoms. The van der Waals surface area contributed by atoms with Crippen molar-refractivity contribution in [1.82, 2.24) is 0 Å². The molecule has 1 rings (SSSR count). The number of halogens is 2. The van der Waals surface area contributed by atoms with Gasteiger partial charge in [-0.15, -0.1) is 0 Å². The summed E-state index contributed by atoms with van der Waals surface area (Å²) >= 11 is 0.194. The predicted molar refractivity (Wildman–Crippen MR) is 61.6 cm³/mol. The molecule has 1 aromatic rings. The molecule has 0 aliphatic carbocycles. The van der Waals surface area contributed by atoms with Crippen LogP contribution in [0.1, 0.15) is 13.8 Å². The summed E-state index contributed by atoms with van der Waals surface area (Å²) in [6, 6.07) is 9.44. The van der Waals surface area contributed by atoms with Crippen molar-refractivity contribution >= 4 is 37.4 Å². The average Bonchev–Trinajstić information content (AvgIpc) is 2.20. The monoisotopic (exact) mass is 287 g/mol. The number of Topliss-reactive ketones (excluding diaryl/α,β-unsaturated/α-hetero) is 1. The van der Waals surface area contributed by atoms with Crippen molar-refractivity contribution in [2.75, 3.05) is 0 Å². The molecule has 0 aliphatic rings. The molecule has 0 aliphatic heterocycles. The number of hydrogen-bond acceptors (Lipinski definition) is 2. The molecule has 15 heavy (non-hydrogen) atoms. The Morgan fingerprint density at radius 2 is 1.67 bits per heavy atom. The van der Waals surface area contributed by atoms with E-state index in [0.717, 1.165) is 5.69 Å². The van der Waals surface area contributed by atoms with Gasteiger partial charge in [0.2, 0.25) is 0 Å². The van der Waals surface area contributed by atoms with Crippen LogP contribution in [0.2, 0.25) is 0 Å². The molecular formula is C10H11Cl2FeNO. The second kappa shape index (κ2) is 8.93. The zero-order valence-corrected chi connectivity index (χ0v) is 11.0. The maximum absolute atomic E-state index is 10.8. The van der Waals surface area contributed by atoms with Crippen molar-refractivity contribution < 1.29 is 17.9 Å². The minimum atomic E-state index is 0.0128. The topological polar surface area (TPSA) is 29.4 Å². The third-order valence-corrected chi connectivity index (χ3v) is 1.56. The SMILES string of the molecule is CC(=O)C(C)=Nc1ccccc1.[Cl][Fe][Cl]. The quantitative estimate of drug-likeness (QED) is 0.602. The second-order valence-corrected chi connectivity index (χ2v) is 4.46. The molecule has 5 heteroatoms. The van der Waals surface area contributed by atoms with Crippen LogP contribution in [0.15, 0.2) is 35.3 Å². The second-order valence-electron chi connectivity index (χ2n) is 2.64. The van der Waals surface area contributed by atoms with Gasteiger partial charge in [0, 0.05) is 6.92 Å². The van der Waals surface area contributed by atoms with E-state index in [1.54, 1.807) is 6.92 Å². The van der Waals surface area contributed by atoms with Crippen LogP contribution in [0.3, 0.4) is 0 Å². The van der Waals surface area contributed by atoms with Crippen LogP contribution in [0.4, 0.5) is 5.69 Å². The van der Waals surface area contributed by atoms with Gasteiger partial charge in [-0.1, -0.05) is 18.2 Å². The van der Waals surface area contributed by atoms with Crippen molar-refractivity contribution in [1.29, 1.82) is 0 Å². The van der Waals surface area contributed by atoms with Crippen LogP contribution in [0.25, 0.3) is 0 Å². The van der Waals surface area contributed by atoms with Crippen LogP contribution in [0.5, 0.6) is 0 Å². The Labute approximate surface area is 104 Å². The fourth-order valence-corrected chi connectivity index (χ4v) is 0.775. The fourth-order valence-electron chi connectivity index (χ4n) is 0.775. The summed E-state index contributed by atoms with van der Waals surface area (Å²) < 4.78 is 0. The van der Waals surface area contributed by atoms with Crippen LogP contribution in [0, 0.1) is 0 Å². The van der Waals surface area contributed by atoms with Crippen molar-refractivity contribution in [3.8, 4) is 0 Å². The number of carbonyl (C=O) groups excluding carboxylic acids is 1. The Kier molecular flexibility index (Phi) is 8.72. The summed E-state index contributed by atoms with van der Waals surface area (Å²) in [7, 11) is 9.53. The molecule has 0 amide bonds. The van der Waals surface area contributed by atoms with E-state index in [2.05, 4.69) is 4.99 Å². The normalized spacial score (nSPS) is 10.5. The number of nitrogens with zero attached hydrogens (tertiary/aromatic N) is 1. The molecule has 0 unspecified atom stereocenters. The average molecular weight is 288 g/mol. The van der Waals surface area contributed by atoms with Gasteiger partial charge in [-0.2, -0.15) is 0 Å². The van der Waals surface area contributed by atoms with E-state index in [4.69, 9.17) is 20.2 Å². The number of para-hydroxylation sites is 1. The van der Waals surface area contributed by atoms with E-state index < -0.39 is 0 Å². The van der Waals surface area contributed by atoms with Crippen LogP contribution >= 0.6 is 20.2 Å². The van der Waals surface area contributed by atoms with Gasteiger partial charge in [-0.25, -0.2) is 0 Å². The Hall–Kier alpha value is -0.341. The molecule has 0 saturated carbocycles. The Balaban J connectivity index is 0.000000583. The van der Waals surface area contributed by atoms with Crippen molar-refractivity contribution in [3.63, 3.8) is 0 Å². The van der Waals surface area contributed by atoms with Crippen molar-refractivity contribution in [2.24, 2.45) is 4.99 Å². The summed E-state index contributed by atoms with van der Waals surface area (Å²) in [6.45, 7) is 3.23. The Morgan fingerprint density at radius 1 is 1.20 bits per heavy atom. The van der Waals surface area contributed by atoms with Gasteiger partial charge in [-0.05, 0) is 19.1 Å². The predicted octanol–water partition coefficient (Wildman–Crippen LogP) is 3.74. The summed E-state index contributed by atoms with van der Waals surface area (Å²) in [6.07, 6.45) is 0. The summed E-state index contributed by atoms with van der Waals surface area (Å²) in [5.74, 6) is 0.0128. The molecule has 0 saturated heterocycles. The number of ketones is 1. The molecule has 1 aromatic carbocycles. The van der Waals surface area contributed by atoms with E-state index in [0.29, 0.717) is 5.71 Å². The third-order valence-electron chi connectivity index (χ3n) is 1.56. The summed E-state index contributed by atoms with van der Waals surface area (Å²) in [5.41, 5.74) is 1.37. The van der Waals surface area contributed by atoms with E-state index in [1.165, 1.54) is 6.92 Å². The van der Waals surface area contributed by atoms with Crippen molar-refractivity contribution in [2.45, 2.75) is 13.8 Å². The first-order valence-corrected chi connectivity index (χ1v) is 7.12. The van der Waals surface area contributed by atoms with Gasteiger partial charge in [0.25, 0.3) is 0 Å². The molecular weight excluding hydrogens is 277 g/mol. The van der Waals surface area contributed by atoms with E-state index >= 15 is 0 Å². The summed E-state index contributed by atoms with van der Waals surface area (Å²) in [5, 5.41) is 0. The first kappa shape index (κ1) is 14.7. The first-order valence-electron chi connectivity index (χ1n) is 4.08. The number of hydrogen-bond donors (Lipinski definition) is 0. The zero-order valence-electron chi connectivity index (χ0n) is 8.35. The molecule has 0 N–H and O–H groups in total. The van der Waals surface area contributed by atoms with Gasteiger partial charge in [0.15, 0.2) is 5.78 Å². The van der Waals surface area contributed by atoms with E-state index in [9.17, 15) is 4.79 Å². The van der Waals surface area contributed by atoms with E-state index in [-0.39, 0.29) is 18.9 Å². The number of benzene rings is 1. The Bertz CT molecular complexity index is 327. The molecule has 84 valence electrons. The number of aliphatic imine (C=N–C) groups is 1. The molecule has 0 spiro atoms. The van der Waals surface area contributed by atoms with Gasteiger partial charge >= 0.3 is 33.3 Å². The third kappa shape index (κ3) is 7.57. The number of rotatable bonds is 2. The Morgan fingerprint density at radius 3 is 2.07 bits per heavy atom. The van der Waals surface area contributed by atoms with E-state index in [1.807, 2.05) is 30.3 Å². The molecule has 2 nitrogen and oxygen atoms in total.